The molecule has 0 fully saturated rings. The third-order valence-electron chi connectivity index (χ3n) is 2.81. The van der Waals surface area contributed by atoms with Gasteiger partial charge in [-0.1, -0.05) is 38.8 Å². The SMILES string of the molecule is C=C.CC.CC.CC(C)=C(C)/C=C\N(C)c1ccc(OC(F)(F)F)cc1. The van der Waals surface area contributed by atoms with Crippen LogP contribution in [0.1, 0.15) is 48.5 Å². The maximum absolute atomic E-state index is 12.0. The van der Waals surface area contributed by atoms with Gasteiger partial charge in [-0.3, -0.25) is 0 Å². The van der Waals surface area contributed by atoms with Crippen LogP contribution in [0, 0.1) is 0 Å². The second-order valence-electron chi connectivity index (χ2n) is 4.65. The van der Waals surface area contributed by atoms with Crippen molar-refractivity contribution in [2.24, 2.45) is 0 Å². The largest absolute Gasteiger partial charge is 0.573 e. The number of benzene rings is 1. The molecule has 0 amide bonds. The van der Waals surface area contributed by atoms with E-state index < -0.39 is 6.36 Å². The molecular weight excluding hydrogens is 339 g/mol. The van der Waals surface area contributed by atoms with Gasteiger partial charge in [0.2, 0.25) is 0 Å². The van der Waals surface area contributed by atoms with Gasteiger partial charge in [-0.2, -0.15) is 0 Å². The fraction of sp³-hybridized carbons (Fsp3) is 0.429. The van der Waals surface area contributed by atoms with Gasteiger partial charge in [0.05, 0.1) is 0 Å². The average molecular weight is 374 g/mol. The van der Waals surface area contributed by atoms with Crippen molar-refractivity contribution < 1.29 is 17.9 Å². The fourth-order valence-electron chi connectivity index (χ4n) is 1.36. The van der Waals surface area contributed by atoms with Gasteiger partial charge in [0.25, 0.3) is 0 Å². The first-order chi connectivity index (χ1) is 12.2. The molecule has 0 bridgehead atoms. The van der Waals surface area contributed by atoms with Crippen LogP contribution in [0.4, 0.5) is 18.9 Å². The van der Waals surface area contributed by atoms with Crippen LogP contribution in [0.15, 0.2) is 60.8 Å². The highest BCUT2D eigenvalue weighted by Crippen LogP contribution is 2.25. The lowest BCUT2D eigenvalue weighted by molar-refractivity contribution is -0.274. The first-order valence-corrected chi connectivity index (χ1v) is 8.60. The van der Waals surface area contributed by atoms with E-state index in [0.29, 0.717) is 0 Å². The van der Waals surface area contributed by atoms with Crippen LogP contribution in [0.2, 0.25) is 0 Å². The highest BCUT2D eigenvalue weighted by molar-refractivity contribution is 5.51. The van der Waals surface area contributed by atoms with Crippen molar-refractivity contribution in [1.82, 2.24) is 0 Å². The smallest absolute Gasteiger partial charge is 0.406 e. The zero-order valence-electron chi connectivity index (χ0n) is 17.4. The van der Waals surface area contributed by atoms with E-state index in [1.54, 1.807) is 12.1 Å². The molecule has 0 saturated carbocycles. The number of halogens is 3. The highest BCUT2D eigenvalue weighted by atomic mass is 19.4. The Morgan fingerprint density at radius 2 is 1.38 bits per heavy atom. The quantitative estimate of drug-likeness (QED) is 0.395. The maximum Gasteiger partial charge on any atom is 0.573 e. The standard InChI is InChI=1S/C15H18F3NO.2C2H6.C2H4/c1-11(2)12(3)9-10-19(4)13-5-7-14(8-6-13)20-15(16,17)18;3*1-2/h5-10H,1-4H3;2*1-2H3;1-2H2/b10-9-;;;. The Balaban J connectivity index is -0.000000795. The predicted molar refractivity (Wildman–Crippen MR) is 109 cm³/mol. The van der Waals surface area contributed by atoms with E-state index in [-0.39, 0.29) is 5.75 Å². The van der Waals surface area contributed by atoms with Gasteiger partial charge in [0.1, 0.15) is 5.75 Å². The number of alkyl halides is 3. The van der Waals surface area contributed by atoms with Crippen molar-refractivity contribution in [3.05, 3.63) is 60.8 Å². The molecule has 0 aliphatic heterocycles. The average Bonchev–Trinajstić information content (AvgIpc) is 2.63. The van der Waals surface area contributed by atoms with Gasteiger partial charge in [-0.05, 0) is 51.1 Å². The van der Waals surface area contributed by atoms with Crippen LogP contribution in [0.3, 0.4) is 0 Å². The molecule has 150 valence electrons. The summed E-state index contributed by atoms with van der Waals surface area (Å²) < 4.78 is 39.9. The zero-order chi connectivity index (χ0) is 21.3. The molecule has 0 spiro atoms. The molecule has 1 rings (SSSR count). The van der Waals surface area contributed by atoms with Gasteiger partial charge >= 0.3 is 6.36 Å². The molecule has 0 unspecified atom stereocenters. The lowest BCUT2D eigenvalue weighted by atomic mass is 10.2. The van der Waals surface area contributed by atoms with Crippen molar-refractivity contribution in [3.8, 4) is 5.75 Å². The van der Waals surface area contributed by atoms with Gasteiger partial charge < -0.3 is 9.64 Å². The highest BCUT2D eigenvalue weighted by Gasteiger charge is 2.30. The summed E-state index contributed by atoms with van der Waals surface area (Å²) in [5.41, 5.74) is 3.13. The van der Waals surface area contributed by atoms with Crippen molar-refractivity contribution in [1.29, 1.82) is 0 Å². The summed E-state index contributed by atoms with van der Waals surface area (Å²) in [5.74, 6) is -0.223. The molecule has 0 aromatic heterocycles. The number of ether oxygens (including phenoxy) is 1. The Hall–Kier alpha value is -2.17. The van der Waals surface area contributed by atoms with E-state index in [1.807, 2.05) is 72.7 Å². The molecule has 5 heteroatoms. The van der Waals surface area contributed by atoms with E-state index >= 15 is 0 Å². The molecule has 0 heterocycles. The molecule has 0 atom stereocenters. The fourth-order valence-corrected chi connectivity index (χ4v) is 1.36. The summed E-state index contributed by atoms with van der Waals surface area (Å²) in [6, 6.07) is 5.73. The third-order valence-corrected chi connectivity index (χ3v) is 2.81. The minimum Gasteiger partial charge on any atom is -0.406 e. The predicted octanol–water partition coefficient (Wildman–Crippen LogP) is 7.75. The first kappa shape index (κ1) is 28.6. The van der Waals surface area contributed by atoms with Gasteiger partial charge in [0, 0.05) is 18.9 Å². The summed E-state index contributed by atoms with van der Waals surface area (Å²) in [4.78, 5) is 1.82. The second-order valence-corrected chi connectivity index (χ2v) is 4.65. The van der Waals surface area contributed by atoms with E-state index in [9.17, 15) is 13.2 Å². The van der Waals surface area contributed by atoms with Crippen molar-refractivity contribution >= 4 is 5.69 Å². The Labute approximate surface area is 157 Å². The van der Waals surface area contributed by atoms with Crippen LogP contribution in [-0.4, -0.2) is 13.4 Å². The van der Waals surface area contributed by atoms with Crippen LogP contribution in [0.25, 0.3) is 0 Å². The van der Waals surface area contributed by atoms with Crippen LogP contribution in [0.5, 0.6) is 5.75 Å². The lowest BCUT2D eigenvalue weighted by Gasteiger charge is -2.15. The van der Waals surface area contributed by atoms with Crippen LogP contribution >= 0.6 is 0 Å². The zero-order valence-corrected chi connectivity index (χ0v) is 17.4. The molecular formula is C21H34F3NO. The molecule has 1 aromatic rings. The minimum atomic E-state index is -4.66. The molecule has 0 saturated heterocycles. The number of hydrogen-bond donors (Lipinski definition) is 0. The maximum atomic E-state index is 12.0. The molecule has 1 aromatic carbocycles. The normalized spacial score (nSPS) is 9.50. The number of hydrogen-bond acceptors (Lipinski definition) is 2. The third kappa shape index (κ3) is 14.2. The Bertz CT molecular complexity index is 513. The minimum absolute atomic E-state index is 0.223. The van der Waals surface area contributed by atoms with Gasteiger partial charge in [-0.25, -0.2) is 0 Å². The van der Waals surface area contributed by atoms with E-state index in [2.05, 4.69) is 17.9 Å². The Morgan fingerprint density at radius 3 is 1.73 bits per heavy atom. The van der Waals surface area contributed by atoms with Crippen molar-refractivity contribution in [3.63, 3.8) is 0 Å². The molecule has 0 aliphatic carbocycles. The van der Waals surface area contributed by atoms with E-state index in [1.165, 1.54) is 17.7 Å². The van der Waals surface area contributed by atoms with Gasteiger partial charge in [0.15, 0.2) is 0 Å². The summed E-state index contributed by atoms with van der Waals surface area (Å²) in [6.07, 6.45) is -0.842. The van der Waals surface area contributed by atoms with Gasteiger partial charge in [-0.15, -0.1) is 26.3 Å². The lowest BCUT2D eigenvalue weighted by Crippen LogP contribution is -2.17. The number of rotatable bonds is 4. The molecule has 26 heavy (non-hydrogen) atoms. The summed E-state index contributed by atoms with van der Waals surface area (Å²) in [6.45, 7) is 20.0. The summed E-state index contributed by atoms with van der Waals surface area (Å²) >= 11 is 0. The first-order valence-electron chi connectivity index (χ1n) is 8.60. The van der Waals surface area contributed by atoms with Crippen LogP contribution < -0.4 is 9.64 Å². The topological polar surface area (TPSA) is 12.5 Å². The van der Waals surface area contributed by atoms with Crippen molar-refractivity contribution in [2.75, 3.05) is 11.9 Å². The Morgan fingerprint density at radius 1 is 0.962 bits per heavy atom. The number of allylic oxidation sites excluding steroid dienone is 3. The monoisotopic (exact) mass is 373 g/mol. The molecule has 0 N–H and O–H groups in total. The number of nitrogens with zero attached hydrogens (tertiary/aromatic N) is 1. The van der Waals surface area contributed by atoms with Crippen LogP contribution in [-0.2, 0) is 0 Å². The van der Waals surface area contributed by atoms with Crippen molar-refractivity contribution in [2.45, 2.75) is 54.8 Å². The second kappa shape index (κ2) is 16.3. The van der Waals surface area contributed by atoms with E-state index in [0.717, 1.165) is 11.3 Å². The molecule has 0 aliphatic rings. The molecule has 2 nitrogen and oxygen atoms in total. The molecule has 0 radical (unpaired) electrons. The summed E-state index contributed by atoms with van der Waals surface area (Å²) in [7, 11) is 1.83. The number of anilines is 1. The van der Waals surface area contributed by atoms with E-state index in [4.69, 9.17) is 0 Å². The summed E-state index contributed by atoms with van der Waals surface area (Å²) in [5, 5.41) is 0. The Kier molecular flexibility index (Phi) is 18.0.